The predicted octanol–water partition coefficient (Wildman–Crippen LogP) is 2.87. The molecule has 3 N–H and O–H groups in total. The van der Waals surface area contributed by atoms with E-state index < -0.39 is 17.5 Å². The standard InChI is InChI=1S/C10H6ClF3N4/c11-9-8(15)10(17-3-16-9)18-5-2-1-4(12)6(13)7(5)14/h1-3H,15H2,(H,16,17,18). The van der Waals surface area contributed by atoms with Crippen LogP contribution in [0.4, 0.5) is 30.4 Å². The van der Waals surface area contributed by atoms with E-state index in [-0.39, 0.29) is 22.3 Å². The van der Waals surface area contributed by atoms with Gasteiger partial charge in [0.15, 0.2) is 28.4 Å². The summed E-state index contributed by atoms with van der Waals surface area (Å²) in [7, 11) is 0. The van der Waals surface area contributed by atoms with E-state index in [1.54, 1.807) is 0 Å². The van der Waals surface area contributed by atoms with Gasteiger partial charge in [0.2, 0.25) is 0 Å². The molecule has 1 heterocycles. The molecule has 0 aliphatic heterocycles. The monoisotopic (exact) mass is 274 g/mol. The van der Waals surface area contributed by atoms with Gasteiger partial charge in [-0.2, -0.15) is 0 Å². The summed E-state index contributed by atoms with van der Waals surface area (Å²) in [6.45, 7) is 0. The highest BCUT2D eigenvalue weighted by atomic mass is 35.5. The second kappa shape index (κ2) is 4.69. The molecule has 2 aromatic rings. The Balaban J connectivity index is 2.41. The smallest absolute Gasteiger partial charge is 0.196 e. The number of anilines is 3. The number of nitrogens with one attached hydrogen (secondary N) is 1. The van der Waals surface area contributed by atoms with Gasteiger partial charge in [-0.05, 0) is 12.1 Å². The second-order valence-electron chi connectivity index (χ2n) is 3.27. The Morgan fingerprint density at radius 3 is 2.56 bits per heavy atom. The molecule has 4 nitrogen and oxygen atoms in total. The normalized spacial score (nSPS) is 10.4. The molecule has 18 heavy (non-hydrogen) atoms. The largest absolute Gasteiger partial charge is 0.393 e. The molecule has 0 spiro atoms. The zero-order chi connectivity index (χ0) is 13.3. The number of nitrogens with zero attached hydrogens (tertiary/aromatic N) is 2. The van der Waals surface area contributed by atoms with Crippen molar-refractivity contribution in [2.75, 3.05) is 11.1 Å². The first-order valence-electron chi connectivity index (χ1n) is 4.67. The van der Waals surface area contributed by atoms with Gasteiger partial charge in [0.05, 0.1) is 5.69 Å². The molecule has 0 saturated heterocycles. The topological polar surface area (TPSA) is 63.8 Å². The van der Waals surface area contributed by atoms with E-state index in [9.17, 15) is 13.2 Å². The molecule has 0 aliphatic rings. The summed E-state index contributed by atoms with van der Waals surface area (Å²) in [5.74, 6) is -4.24. The lowest BCUT2D eigenvalue weighted by Gasteiger charge is -2.09. The summed E-state index contributed by atoms with van der Waals surface area (Å²) >= 11 is 5.63. The zero-order valence-corrected chi connectivity index (χ0v) is 9.47. The molecular weight excluding hydrogens is 269 g/mol. The van der Waals surface area contributed by atoms with Crippen molar-refractivity contribution in [3.05, 3.63) is 41.1 Å². The van der Waals surface area contributed by atoms with Crippen LogP contribution < -0.4 is 11.1 Å². The van der Waals surface area contributed by atoms with Crippen LogP contribution in [-0.2, 0) is 0 Å². The number of aromatic nitrogens is 2. The second-order valence-corrected chi connectivity index (χ2v) is 3.63. The molecule has 1 aromatic carbocycles. The molecule has 0 fully saturated rings. The van der Waals surface area contributed by atoms with Crippen molar-refractivity contribution in [1.82, 2.24) is 9.97 Å². The lowest BCUT2D eigenvalue weighted by Crippen LogP contribution is -2.04. The maximum absolute atomic E-state index is 13.4. The molecule has 0 radical (unpaired) electrons. The van der Waals surface area contributed by atoms with Crippen LogP contribution in [-0.4, -0.2) is 9.97 Å². The van der Waals surface area contributed by atoms with Gasteiger partial charge in [0.25, 0.3) is 0 Å². The first kappa shape index (κ1) is 12.4. The van der Waals surface area contributed by atoms with E-state index in [0.717, 1.165) is 18.5 Å². The highest BCUT2D eigenvalue weighted by Crippen LogP contribution is 2.27. The number of halogens is 4. The Hall–Kier alpha value is -2.02. The maximum Gasteiger partial charge on any atom is 0.196 e. The van der Waals surface area contributed by atoms with Crippen LogP contribution in [0, 0.1) is 17.5 Å². The predicted molar refractivity (Wildman–Crippen MR) is 61.1 cm³/mol. The van der Waals surface area contributed by atoms with Gasteiger partial charge in [-0.1, -0.05) is 11.6 Å². The SMILES string of the molecule is Nc1c(Cl)ncnc1Nc1ccc(F)c(F)c1F. The zero-order valence-electron chi connectivity index (χ0n) is 8.72. The van der Waals surface area contributed by atoms with E-state index in [0.29, 0.717) is 0 Å². The van der Waals surface area contributed by atoms with Crippen molar-refractivity contribution in [2.24, 2.45) is 0 Å². The van der Waals surface area contributed by atoms with Crippen molar-refractivity contribution in [2.45, 2.75) is 0 Å². The molecule has 1 aromatic heterocycles. The minimum atomic E-state index is -1.58. The van der Waals surface area contributed by atoms with Crippen molar-refractivity contribution >= 4 is 28.8 Å². The number of rotatable bonds is 2. The number of nitrogens with two attached hydrogens (primary N) is 1. The Kier molecular flexibility index (Phi) is 3.24. The van der Waals surface area contributed by atoms with E-state index >= 15 is 0 Å². The van der Waals surface area contributed by atoms with E-state index in [1.165, 1.54) is 0 Å². The van der Waals surface area contributed by atoms with Crippen LogP contribution in [0.3, 0.4) is 0 Å². The third-order valence-electron chi connectivity index (χ3n) is 2.12. The van der Waals surface area contributed by atoms with Crippen molar-refractivity contribution < 1.29 is 13.2 Å². The highest BCUT2D eigenvalue weighted by molar-refractivity contribution is 6.32. The number of hydrogen-bond donors (Lipinski definition) is 2. The van der Waals surface area contributed by atoms with Crippen molar-refractivity contribution in [3.8, 4) is 0 Å². The van der Waals surface area contributed by atoms with Gasteiger partial charge in [-0.15, -0.1) is 0 Å². The molecule has 0 amide bonds. The van der Waals surface area contributed by atoms with Crippen LogP contribution in [0.15, 0.2) is 18.5 Å². The summed E-state index contributed by atoms with van der Waals surface area (Å²) in [6.07, 6.45) is 1.10. The molecule has 0 bridgehead atoms. The summed E-state index contributed by atoms with van der Waals surface area (Å²) < 4.78 is 39.1. The average molecular weight is 275 g/mol. The number of nitrogen functional groups attached to an aromatic ring is 1. The molecule has 0 aliphatic carbocycles. The van der Waals surface area contributed by atoms with Crippen LogP contribution >= 0.6 is 11.6 Å². The Bertz CT molecular complexity index is 606. The minimum Gasteiger partial charge on any atom is -0.393 e. The van der Waals surface area contributed by atoms with Gasteiger partial charge in [0, 0.05) is 0 Å². The molecule has 8 heteroatoms. The van der Waals surface area contributed by atoms with Crippen molar-refractivity contribution in [1.29, 1.82) is 0 Å². The summed E-state index contributed by atoms with van der Waals surface area (Å²) in [5.41, 5.74) is 5.20. The fourth-order valence-electron chi connectivity index (χ4n) is 1.22. The molecule has 0 saturated carbocycles. The van der Waals surface area contributed by atoms with Gasteiger partial charge in [-0.3, -0.25) is 0 Å². The third kappa shape index (κ3) is 2.17. The van der Waals surface area contributed by atoms with Crippen LogP contribution in [0.2, 0.25) is 5.15 Å². The first-order chi connectivity index (χ1) is 8.50. The first-order valence-corrected chi connectivity index (χ1v) is 5.05. The van der Waals surface area contributed by atoms with Crippen molar-refractivity contribution in [3.63, 3.8) is 0 Å². The fourth-order valence-corrected chi connectivity index (χ4v) is 1.36. The Labute approximate surface area is 105 Å². The lowest BCUT2D eigenvalue weighted by atomic mass is 10.2. The molecule has 0 atom stereocenters. The minimum absolute atomic E-state index is 0.0000850. The summed E-state index contributed by atoms with van der Waals surface area (Å²) in [4.78, 5) is 7.31. The van der Waals surface area contributed by atoms with Gasteiger partial charge in [-0.25, -0.2) is 23.1 Å². The van der Waals surface area contributed by atoms with E-state index in [2.05, 4.69) is 15.3 Å². The highest BCUT2D eigenvalue weighted by Gasteiger charge is 2.15. The molecule has 94 valence electrons. The maximum atomic E-state index is 13.4. The average Bonchev–Trinajstić information content (AvgIpc) is 2.35. The van der Waals surface area contributed by atoms with E-state index in [4.69, 9.17) is 17.3 Å². The van der Waals surface area contributed by atoms with Gasteiger partial charge >= 0.3 is 0 Å². The van der Waals surface area contributed by atoms with Crippen LogP contribution in [0.1, 0.15) is 0 Å². The fraction of sp³-hybridized carbons (Fsp3) is 0. The van der Waals surface area contributed by atoms with Crippen LogP contribution in [0.25, 0.3) is 0 Å². The van der Waals surface area contributed by atoms with Gasteiger partial charge < -0.3 is 11.1 Å². The molecule has 2 rings (SSSR count). The quantitative estimate of drug-likeness (QED) is 0.653. The number of hydrogen-bond acceptors (Lipinski definition) is 4. The Morgan fingerprint density at radius 2 is 1.83 bits per heavy atom. The Morgan fingerprint density at radius 1 is 1.11 bits per heavy atom. The molecular formula is C10H6ClF3N4. The van der Waals surface area contributed by atoms with Gasteiger partial charge in [0.1, 0.15) is 12.0 Å². The summed E-state index contributed by atoms with van der Waals surface area (Å²) in [5, 5.41) is 2.38. The lowest BCUT2D eigenvalue weighted by molar-refractivity contribution is 0.449. The number of benzene rings is 1. The summed E-state index contributed by atoms with van der Waals surface area (Å²) in [6, 6.07) is 1.79. The van der Waals surface area contributed by atoms with Crippen LogP contribution in [0.5, 0.6) is 0 Å². The van der Waals surface area contributed by atoms with E-state index in [1.807, 2.05) is 0 Å². The molecule has 0 unspecified atom stereocenters. The third-order valence-corrected chi connectivity index (χ3v) is 2.42.